The fourth-order valence-electron chi connectivity index (χ4n) is 3.18. The minimum absolute atomic E-state index is 0.583. The molecule has 4 nitrogen and oxygen atoms in total. The van der Waals surface area contributed by atoms with E-state index in [0.29, 0.717) is 12.2 Å². The highest BCUT2D eigenvalue weighted by molar-refractivity contribution is 4.83. The van der Waals surface area contributed by atoms with Gasteiger partial charge in [-0.05, 0) is 26.8 Å². The molecule has 0 saturated carbocycles. The first-order chi connectivity index (χ1) is 9.20. The van der Waals surface area contributed by atoms with Gasteiger partial charge in [-0.2, -0.15) is 0 Å². The number of nitrogens with zero attached hydrogens (tertiary/aromatic N) is 3. The Balaban J connectivity index is 1.75. The van der Waals surface area contributed by atoms with Crippen LogP contribution in [0.15, 0.2) is 0 Å². The van der Waals surface area contributed by atoms with Crippen LogP contribution in [0.5, 0.6) is 0 Å². The summed E-state index contributed by atoms with van der Waals surface area (Å²) < 4.78 is 0. The van der Waals surface area contributed by atoms with Gasteiger partial charge in [0.2, 0.25) is 0 Å². The highest BCUT2D eigenvalue weighted by Crippen LogP contribution is 2.11. The smallest absolute Gasteiger partial charge is 0.0729 e. The van der Waals surface area contributed by atoms with E-state index in [2.05, 4.69) is 40.8 Å². The molecule has 2 rings (SSSR count). The summed E-state index contributed by atoms with van der Waals surface area (Å²) in [6.07, 6.45) is 3.23. The van der Waals surface area contributed by atoms with Gasteiger partial charge in [0.25, 0.3) is 0 Å². The molecule has 0 aromatic heterocycles. The molecule has 0 aromatic rings. The first kappa shape index (κ1) is 15.2. The van der Waals surface area contributed by atoms with E-state index in [1.807, 2.05) is 0 Å². The second-order valence-corrected chi connectivity index (χ2v) is 6.29. The summed E-state index contributed by atoms with van der Waals surface area (Å²) in [7, 11) is 0. The van der Waals surface area contributed by atoms with Crippen LogP contribution in [-0.2, 0) is 0 Å². The molecular weight excluding hydrogens is 236 g/mol. The number of nitrogens with one attached hydrogen (secondary N) is 1. The average Bonchev–Trinajstić information content (AvgIpc) is 2.45. The van der Waals surface area contributed by atoms with Crippen LogP contribution in [0.25, 0.3) is 0 Å². The molecular formula is C15H32N4. The standard InChI is InChI=1S/C15H32N4/c1-4-5-7-17-8-6-16-15(13-17)19-11-9-18(10-12-19)14(2)3/h14-16H,4-13H2,1-3H3. The maximum atomic E-state index is 3.71. The Morgan fingerprint density at radius 2 is 1.84 bits per heavy atom. The molecule has 2 heterocycles. The maximum Gasteiger partial charge on any atom is 0.0729 e. The average molecular weight is 268 g/mol. The Labute approximate surface area is 119 Å². The Bertz CT molecular complexity index is 249. The van der Waals surface area contributed by atoms with Crippen LogP contribution in [0.4, 0.5) is 0 Å². The van der Waals surface area contributed by atoms with Crippen LogP contribution >= 0.6 is 0 Å². The molecule has 4 heteroatoms. The van der Waals surface area contributed by atoms with Crippen molar-refractivity contribution in [2.24, 2.45) is 0 Å². The zero-order chi connectivity index (χ0) is 13.7. The molecule has 2 aliphatic rings. The second-order valence-electron chi connectivity index (χ2n) is 6.29. The summed E-state index contributed by atoms with van der Waals surface area (Å²) in [6.45, 7) is 16.7. The predicted molar refractivity (Wildman–Crippen MR) is 81.4 cm³/mol. The van der Waals surface area contributed by atoms with Gasteiger partial charge >= 0.3 is 0 Å². The SMILES string of the molecule is CCCCN1CCNC(N2CCN(C(C)C)CC2)C1. The summed E-state index contributed by atoms with van der Waals surface area (Å²) in [5.41, 5.74) is 0. The first-order valence-corrected chi connectivity index (χ1v) is 8.14. The molecule has 1 N–H and O–H groups in total. The molecule has 2 aliphatic heterocycles. The van der Waals surface area contributed by atoms with Gasteiger partial charge in [-0.1, -0.05) is 13.3 Å². The van der Waals surface area contributed by atoms with E-state index in [0.717, 1.165) is 6.54 Å². The lowest BCUT2D eigenvalue weighted by Gasteiger charge is -2.44. The third-order valence-electron chi connectivity index (χ3n) is 4.59. The van der Waals surface area contributed by atoms with E-state index in [4.69, 9.17) is 0 Å². The molecule has 2 fully saturated rings. The molecule has 0 radical (unpaired) electrons. The number of unbranched alkanes of at least 4 members (excludes halogenated alkanes) is 1. The quantitative estimate of drug-likeness (QED) is 0.804. The summed E-state index contributed by atoms with van der Waals surface area (Å²) in [5, 5.41) is 3.71. The summed E-state index contributed by atoms with van der Waals surface area (Å²) in [5.74, 6) is 0. The van der Waals surface area contributed by atoms with Gasteiger partial charge in [-0.25, -0.2) is 0 Å². The lowest BCUT2D eigenvalue weighted by molar-refractivity contribution is 0.0327. The van der Waals surface area contributed by atoms with Crippen molar-refractivity contribution >= 4 is 0 Å². The Hall–Kier alpha value is -0.160. The summed E-state index contributed by atoms with van der Waals surface area (Å²) in [6, 6.07) is 0.697. The fourth-order valence-corrected chi connectivity index (χ4v) is 3.18. The maximum absolute atomic E-state index is 3.71. The van der Waals surface area contributed by atoms with Gasteiger partial charge in [-0.15, -0.1) is 0 Å². The number of hydrogen-bond acceptors (Lipinski definition) is 4. The largest absolute Gasteiger partial charge is 0.299 e. The Morgan fingerprint density at radius 3 is 2.47 bits per heavy atom. The second kappa shape index (κ2) is 7.58. The molecule has 112 valence electrons. The minimum Gasteiger partial charge on any atom is -0.299 e. The van der Waals surface area contributed by atoms with Crippen molar-refractivity contribution in [1.29, 1.82) is 0 Å². The van der Waals surface area contributed by atoms with Gasteiger partial charge in [0.05, 0.1) is 6.17 Å². The topological polar surface area (TPSA) is 21.8 Å². The zero-order valence-corrected chi connectivity index (χ0v) is 13.1. The monoisotopic (exact) mass is 268 g/mol. The van der Waals surface area contributed by atoms with Crippen molar-refractivity contribution < 1.29 is 0 Å². The van der Waals surface area contributed by atoms with E-state index < -0.39 is 0 Å². The number of piperazine rings is 2. The number of hydrogen-bond donors (Lipinski definition) is 1. The molecule has 1 atom stereocenters. The minimum atomic E-state index is 0.583. The Morgan fingerprint density at radius 1 is 1.11 bits per heavy atom. The van der Waals surface area contributed by atoms with Crippen LogP contribution in [0.2, 0.25) is 0 Å². The highest BCUT2D eigenvalue weighted by Gasteiger charge is 2.27. The Kier molecular flexibility index (Phi) is 6.07. The van der Waals surface area contributed by atoms with Crippen LogP contribution in [-0.4, -0.2) is 79.3 Å². The normalized spacial score (nSPS) is 28.1. The lowest BCUT2D eigenvalue weighted by atomic mass is 10.2. The molecule has 0 amide bonds. The molecule has 0 aliphatic carbocycles. The van der Waals surface area contributed by atoms with Gasteiger partial charge in [0.1, 0.15) is 0 Å². The fraction of sp³-hybridized carbons (Fsp3) is 1.00. The van der Waals surface area contributed by atoms with Crippen molar-refractivity contribution in [1.82, 2.24) is 20.0 Å². The van der Waals surface area contributed by atoms with Crippen LogP contribution in [0.1, 0.15) is 33.6 Å². The van der Waals surface area contributed by atoms with Gasteiger partial charge in [0, 0.05) is 51.9 Å². The van der Waals surface area contributed by atoms with E-state index in [9.17, 15) is 0 Å². The third kappa shape index (κ3) is 4.42. The highest BCUT2D eigenvalue weighted by atomic mass is 15.4. The molecule has 2 saturated heterocycles. The number of rotatable bonds is 5. The first-order valence-electron chi connectivity index (χ1n) is 8.14. The third-order valence-corrected chi connectivity index (χ3v) is 4.59. The van der Waals surface area contributed by atoms with Crippen molar-refractivity contribution in [2.75, 3.05) is 52.4 Å². The van der Waals surface area contributed by atoms with Crippen molar-refractivity contribution in [3.8, 4) is 0 Å². The lowest BCUT2D eigenvalue weighted by Crippen LogP contribution is -2.62. The van der Waals surface area contributed by atoms with E-state index in [1.54, 1.807) is 0 Å². The predicted octanol–water partition coefficient (Wildman–Crippen LogP) is 1.04. The molecule has 0 bridgehead atoms. The van der Waals surface area contributed by atoms with Crippen molar-refractivity contribution in [2.45, 2.75) is 45.8 Å². The van der Waals surface area contributed by atoms with Crippen LogP contribution < -0.4 is 5.32 Å². The molecule has 0 aromatic carbocycles. The van der Waals surface area contributed by atoms with Crippen molar-refractivity contribution in [3.63, 3.8) is 0 Å². The molecule has 19 heavy (non-hydrogen) atoms. The van der Waals surface area contributed by atoms with E-state index >= 15 is 0 Å². The summed E-state index contributed by atoms with van der Waals surface area (Å²) >= 11 is 0. The molecule has 1 unspecified atom stereocenters. The van der Waals surface area contributed by atoms with Gasteiger partial charge < -0.3 is 0 Å². The van der Waals surface area contributed by atoms with E-state index in [-0.39, 0.29) is 0 Å². The summed E-state index contributed by atoms with van der Waals surface area (Å²) in [4.78, 5) is 7.88. The van der Waals surface area contributed by atoms with E-state index in [1.165, 1.54) is 58.7 Å². The van der Waals surface area contributed by atoms with Crippen LogP contribution in [0, 0.1) is 0 Å². The zero-order valence-electron chi connectivity index (χ0n) is 13.1. The van der Waals surface area contributed by atoms with Gasteiger partial charge in [0.15, 0.2) is 0 Å². The van der Waals surface area contributed by atoms with Crippen LogP contribution in [0.3, 0.4) is 0 Å². The molecule has 0 spiro atoms. The van der Waals surface area contributed by atoms with Gasteiger partial charge in [-0.3, -0.25) is 20.0 Å². The van der Waals surface area contributed by atoms with Crippen molar-refractivity contribution in [3.05, 3.63) is 0 Å².